The van der Waals surface area contributed by atoms with Crippen LogP contribution in [0.15, 0.2) is 0 Å². The normalized spacial score (nSPS) is 11.1. The van der Waals surface area contributed by atoms with Crippen molar-refractivity contribution in [3.8, 4) is 0 Å². The lowest BCUT2D eigenvalue weighted by Crippen LogP contribution is -1.92. The first-order valence-electron chi connectivity index (χ1n) is 8.85. The second kappa shape index (κ2) is 18.0. The maximum Gasteiger partial charge on any atom is 0.0836 e. The summed E-state index contributed by atoms with van der Waals surface area (Å²) >= 11 is 0. The molecule has 0 saturated heterocycles. The number of hydrogen-bond donors (Lipinski definition) is 0. The second-order valence-electron chi connectivity index (χ2n) is 5.72. The van der Waals surface area contributed by atoms with Crippen molar-refractivity contribution in [1.29, 1.82) is 0 Å². The van der Waals surface area contributed by atoms with E-state index >= 15 is 0 Å². The molecule has 0 unspecified atom stereocenters. The molecule has 19 heavy (non-hydrogen) atoms. The van der Waals surface area contributed by atoms with Crippen LogP contribution in [0.5, 0.6) is 0 Å². The van der Waals surface area contributed by atoms with Gasteiger partial charge in [-0.3, -0.25) is 0 Å². The van der Waals surface area contributed by atoms with Crippen molar-refractivity contribution in [2.75, 3.05) is 6.61 Å². The van der Waals surface area contributed by atoms with E-state index in [-0.39, 0.29) is 0 Å². The summed E-state index contributed by atoms with van der Waals surface area (Å²) in [5.74, 6) is 0. The SMILES string of the molecule is CCCCCCCC[CH]OCCCCCCCCC. The van der Waals surface area contributed by atoms with Gasteiger partial charge in [-0.05, 0) is 12.8 Å². The second-order valence-corrected chi connectivity index (χ2v) is 5.72. The van der Waals surface area contributed by atoms with Crippen LogP contribution >= 0.6 is 0 Å². The van der Waals surface area contributed by atoms with Crippen molar-refractivity contribution < 1.29 is 4.74 Å². The monoisotopic (exact) mass is 269 g/mol. The molecule has 0 fully saturated rings. The van der Waals surface area contributed by atoms with Gasteiger partial charge in [0.15, 0.2) is 0 Å². The minimum absolute atomic E-state index is 0.934. The molecule has 0 aromatic carbocycles. The Morgan fingerprint density at radius 1 is 0.579 bits per heavy atom. The molecule has 0 heterocycles. The van der Waals surface area contributed by atoms with Gasteiger partial charge >= 0.3 is 0 Å². The highest BCUT2D eigenvalue weighted by atomic mass is 16.5. The fourth-order valence-electron chi connectivity index (χ4n) is 2.32. The van der Waals surface area contributed by atoms with Crippen molar-refractivity contribution in [2.24, 2.45) is 0 Å². The molecule has 0 aliphatic heterocycles. The molecule has 0 aliphatic rings. The van der Waals surface area contributed by atoms with Gasteiger partial charge in [-0.25, -0.2) is 0 Å². The van der Waals surface area contributed by atoms with Crippen molar-refractivity contribution in [1.82, 2.24) is 0 Å². The zero-order chi connectivity index (χ0) is 14.0. The Hall–Kier alpha value is -0.0400. The van der Waals surface area contributed by atoms with Gasteiger partial charge in [0.1, 0.15) is 0 Å². The molecule has 0 saturated carbocycles. The minimum Gasteiger partial charge on any atom is -0.376 e. The third-order valence-corrected chi connectivity index (χ3v) is 3.66. The van der Waals surface area contributed by atoms with Crippen LogP contribution in [-0.2, 0) is 4.74 Å². The van der Waals surface area contributed by atoms with E-state index < -0.39 is 0 Å². The van der Waals surface area contributed by atoms with Crippen LogP contribution in [0, 0.1) is 6.61 Å². The smallest absolute Gasteiger partial charge is 0.0836 e. The van der Waals surface area contributed by atoms with E-state index in [1.54, 1.807) is 0 Å². The molecule has 0 amide bonds. The highest BCUT2D eigenvalue weighted by Gasteiger charge is 1.94. The fourth-order valence-corrected chi connectivity index (χ4v) is 2.32. The lowest BCUT2D eigenvalue weighted by molar-refractivity contribution is 0.183. The Balaban J connectivity index is 2.88. The number of unbranched alkanes of at least 4 members (excludes halogenated alkanes) is 12. The van der Waals surface area contributed by atoms with Gasteiger partial charge in [0.2, 0.25) is 0 Å². The zero-order valence-electron chi connectivity index (χ0n) is 13.6. The van der Waals surface area contributed by atoms with Gasteiger partial charge in [0.25, 0.3) is 0 Å². The van der Waals surface area contributed by atoms with Gasteiger partial charge in [-0.1, -0.05) is 90.9 Å². The summed E-state index contributed by atoms with van der Waals surface area (Å²) in [6.07, 6.45) is 18.9. The maximum atomic E-state index is 5.56. The predicted octanol–water partition coefficient (Wildman–Crippen LogP) is 6.67. The lowest BCUT2D eigenvalue weighted by Gasteiger charge is -2.04. The number of hydrogen-bond acceptors (Lipinski definition) is 1. The Bertz CT molecular complexity index is 129. The molecule has 0 spiro atoms. The van der Waals surface area contributed by atoms with E-state index in [1.807, 2.05) is 6.61 Å². The molecular formula is C18H37O. The lowest BCUT2D eigenvalue weighted by atomic mass is 10.1. The molecule has 1 nitrogen and oxygen atoms in total. The summed E-state index contributed by atoms with van der Waals surface area (Å²) in [6, 6.07) is 0. The summed E-state index contributed by atoms with van der Waals surface area (Å²) in [5.41, 5.74) is 0. The van der Waals surface area contributed by atoms with E-state index in [1.165, 1.54) is 83.5 Å². The van der Waals surface area contributed by atoms with E-state index in [0.717, 1.165) is 13.0 Å². The van der Waals surface area contributed by atoms with Crippen LogP contribution in [0.3, 0.4) is 0 Å². The highest BCUT2D eigenvalue weighted by molar-refractivity contribution is 4.53. The maximum absolute atomic E-state index is 5.56. The zero-order valence-corrected chi connectivity index (χ0v) is 13.6. The third kappa shape index (κ3) is 18.0. The van der Waals surface area contributed by atoms with Gasteiger partial charge < -0.3 is 4.74 Å². The van der Waals surface area contributed by atoms with Gasteiger partial charge in [-0.2, -0.15) is 0 Å². The van der Waals surface area contributed by atoms with Crippen LogP contribution in [0.2, 0.25) is 0 Å². The van der Waals surface area contributed by atoms with Crippen LogP contribution in [0.1, 0.15) is 104 Å². The van der Waals surface area contributed by atoms with Crippen LogP contribution in [0.25, 0.3) is 0 Å². The summed E-state index contributed by atoms with van der Waals surface area (Å²) in [4.78, 5) is 0. The molecule has 0 aromatic rings. The summed E-state index contributed by atoms with van der Waals surface area (Å²) in [7, 11) is 0. The molecular weight excluding hydrogens is 232 g/mol. The first-order chi connectivity index (χ1) is 9.41. The first kappa shape index (κ1) is 19.0. The Kier molecular flexibility index (Phi) is 17.9. The van der Waals surface area contributed by atoms with Crippen LogP contribution in [0.4, 0.5) is 0 Å². The Morgan fingerprint density at radius 3 is 1.63 bits per heavy atom. The average molecular weight is 269 g/mol. The Morgan fingerprint density at radius 2 is 1.05 bits per heavy atom. The largest absolute Gasteiger partial charge is 0.376 e. The van der Waals surface area contributed by atoms with Gasteiger partial charge in [0, 0.05) is 6.61 Å². The molecule has 0 rings (SSSR count). The molecule has 0 aromatic heterocycles. The van der Waals surface area contributed by atoms with E-state index in [9.17, 15) is 0 Å². The van der Waals surface area contributed by atoms with Gasteiger partial charge in [0.05, 0.1) is 6.61 Å². The minimum atomic E-state index is 0.934. The van der Waals surface area contributed by atoms with Crippen molar-refractivity contribution in [3.63, 3.8) is 0 Å². The van der Waals surface area contributed by atoms with Crippen molar-refractivity contribution >= 4 is 0 Å². The topological polar surface area (TPSA) is 9.23 Å². The van der Waals surface area contributed by atoms with Gasteiger partial charge in [-0.15, -0.1) is 0 Å². The molecule has 0 bridgehead atoms. The highest BCUT2D eigenvalue weighted by Crippen LogP contribution is 2.09. The molecule has 1 radical (unpaired) electrons. The van der Waals surface area contributed by atoms with E-state index in [2.05, 4.69) is 13.8 Å². The fraction of sp³-hybridized carbons (Fsp3) is 0.944. The molecule has 0 N–H and O–H groups in total. The summed E-state index contributed by atoms with van der Waals surface area (Å²) in [5, 5.41) is 0. The van der Waals surface area contributed by atoms with E-state index in [4.69, 9.17) is 4.74 Å². The standard InChI is InChI=1S/C18H37O/c1-3-5-7-9-11-13-15-17-19-18-16-14-12-10-8-6-4-2/h17H,3-16,18H2,1-2H3. The Labute approximate surface area is 122 Å². The number of ether oxygens (including phenoxy) is 1. The summed E-state index contributed by atoms with van der Waals surface area (Å²) in [6.45, 7) is 7.51. The molecule has 1 heteroatoms. The van der Waals surface area contributed by atoms with Crippen LogP contribution in [-0.4, -0.2) is 6.61 Å². The number of rotatable bonds is 16. The van der Waals surface area contributed by atoms with E-state index in [0.29, 0.717) is 0 Å². The summed E-state index contributed by atoms with van der Waals surface area (Å²) < 4.78 is 5.56. The predicted molar refractivity (Wildman–Crippen MR) is 86.2 cm³/mol. The van der Waals surface area contributed by atoms with Crippen molar-refractivity contribution in [2.45, 2.75) is 104 Å². The molecule has 0 atom stereocenters. The van der Waals surface area contributed by atoms with Crippen LogP contribution < -0.4 is 0 Å². The molecule has 115 valence electrons. The quantitative estimate of drug-likeness (QED) is 0.284. The third-order valence-electron chi connectivity index (χ3n) is 3.66. The van der Waals surface area contributed by atoms with Crippen molar-refractivity contribution in [3.05, 3.63) is 6.61 Å². The first-order valence-corrected chi connectivity index (χ1v) is 8.85. The average Bonchev–Trinajstić information content (AvgIpc) is 2.43. The molecule has 0 aliphatic carbocycles.